The highest BCUT2D eigenvalue weighted by atomic mass is 79.9. The van der Waals surface area contributed by atoms with Crippen LogP contribution in [0.2, 0.25) is 0 Å². The first kappa shape index (κ1) is 19.1. The van der Waals surface area contributed by atoms with Crippen molar-refractivity contribution in [2.75, 3.05) is 7.11 Å². The molecular weight excluding hydrogens is 410 g/mol. The van der Waals surface area contributed by atoms with Gasteiger partial charge in [0.05, 0.1) is 7.11 Å². The maximum atomic E-state index is 13.0. The van der Waals surface area contributed by atoms with E-state index in [0.717, 1.165) is 32.5 Å². The zero-order chi connectivity index (χ0) is 19.2. The fourth-order valence-corrected chi connectivity index (χ4v) is 3.03. The first-order chi connectivity index (χ1) is 13.0. The Kier molecular flexibility index (Phi) is 6.20. The molecule has 0 spiro atoms. The molecule has 0 bridgehead atoms. The van der Waals surface area contributed by atoms with Crippen LogP contribution >= 0.6 is 15.9 Å². The van der Waals surface area contributed by atoms with Crippen molar-refractivity contribution in [3.05, 3.63) is 99.0 Å². The molecule has 0 aliphatic rings. The smallest absolute Gasteiger partial charge is 0.126 e. The predicted octanol–water partition coefficient (Wildman–Crippen LogP) is 7.08. The summed E-state index contributed by atoms with van der Waals surface area (Å²) in [4.78, 5) is 0. The second-order valence-electron chi connectivity index (χ2n) is 5.89. The number of hydrogen-bond acceptors (Lipinski definition) is 1. The van der Waals surface area contributed by atoms with Crippen LogP contribution in [0.25, 0.3) is 24.3 Å². The van der Waals surface area contributed by atoms with E-state index in [-0.39, 0.29) is 11.6 Å². The summed E-state index contributed by atoms with van der Waals surface area (Å²) in [5.74, 6) is 0.201. The molecule has 3 rings (SSSR count). The third-order valence-corrected chi connectivity index (χ3v) is 4.69. The Bertz CT molecular complexity index is 975. The average molecular weight is 427 g/mol. The number of hydrogen-bond donors (Lipinski definition) is 0. The van der Waals surface area contributed by atoms with Crippen LogP contribution in [0, 0.1) is 11.6 Å². The van der Waals surface area contributed by atoms with Crippen LogP contribution in [-0.4, -0.2) is 7.11 Å². The van der Waals surface area contributed by atoms with Crippen molar-refractivity contribution in [3.63, 3.8) is 0 Å². The predicted molar refractivity (Wildman–Crippen MR) is 111 cm³/mol. The summed E-state index contributed by atoms with van der Waals surface area (Å²) in [5.41, 5.74) is 3.64. The first-order valence-electron chi connectivity index (χ1n) is 8.30. The van der Waals surface area contributed by atoms with E-state index in [2.05, 4.69) is 15.9 Å². The van der Waals surface area contributed by atoms with Gasteiger partial charge in [-0.05, 0) is 53.1 Å². The number of ether oxygens (including phenoxy) is 1. The molecule has 3 aromatic rings. The minimum absolute atomic E-state index is 0.257. The molecule has 0 aliphatic heterocycles. The van der Waals surface area contributed by atoms with E-state index in [1.807, 2.05) is 36.4 Å². The summed E-state index contributed by atoms with van der Waals surface area (Å²) in [7, 11) is 1.62. The van der Waals surface area contributed by atoms with Crippen molar-refractivity contribution in [2.24, 2.45) is 0 Å². The molecule has 0 saturated heterocycles. The van der Waals surface area contributed by atoms with Gasteiger partial charge in [-0.15, -0.1) is 0 Å². The summed E-state index contributed by atoms with van der Waals surface area (Å²) in [5, 5.41) is 0. The molecule has 3 aromatic carbocycles. The van der Waals surface area contributed by atoms with Crippen LogP contribution < -0.4 is 4.74 Å². The van der Waals surface area contributed by atoms with Gasteiger partial charge in [0.25, 0.3) is 0 Å². The lowest BCUT2D eigenvalue weighted by atomic mass is 10.1. The Morgan fingerprint density at radius 3 is 1.67 bits per heavy atom. The second-order valence-corrected chi connectivity index (χ2v) is 6.74. The summed E-state index contributed by atoms with van der Waals surface area (Å²) >= 11 is 3.58. The third kappa shape index (κ3) is 5.14. The Hall–Kier alpha value is -2.72. The van der Waals surface area contributed by atoms with E-state index >= 15 is 0 Å². The zero-order valence-electron chi connectivity index (χ0n) is 14.6. The van der Waals surface area contributed by atoms with Crippen molar-refractivity contribution in [1.29, 1.82) is 0 Å². The Balaban J connectivity index is 1.86. The second kappa shape index (κ2) is 8.78. The molecule has 27 heavy (non-hydrogen) atoms. The van der Waals surface area contributed by atoms with Crippen molar-refractivity contribution in [3.8, 4) is 5.75 Å². The molecular formula is C23H17BrF2O. The summed E-state index contributed by atoms with van der Waals surface area (Å²) < 4.78 is 32.4. The van der Waals surface area contributed by atoms with E-state index in [0.29, 0.717) is 0 Å². The molecule has 1 nitrogen and oxygen atoms in total. The molecule has 0 N–H and O–H groups in total. The van der Waals surface area contributed by atoms with Gasteiger partial charge in [-0.1, -0.05) is 64.5 Å². The van der Waals surface area contributed by atoms with Crippen LogP contribution in [0.3, 0.4) is 0 Å². The van der Waals surface area contributed by atoms with Gasteiger partial charge >= 0.3 is 0 Å². The van der Waals surface area contributed by atoms with Crippen molar-refractivity contribution in [1.82, 2.24) is 0 Å². The standard InChI is InChI=1S/C23H17BrF2O/c1-27-23-15-18(8-2-16-4-10-20(25)11-5-16)22(24)14-19(23)9-3-17-6-12-21(26)13-7-17/h2-15H,1H3/b8-2+,9-3+. The minimum atomic E-state index is -0.259. The van der Waals surface area contributed by atoms with E-state index in [1.165, 1.54) is 24.3 Å². The summed E-state index contributed by atoms with van der Waals surface area (Å²) in [6.45, 7) is 0. The van der Waals surface area contributed by atoms with Gasteiger partial charge in [-0.2, -0.15) is 0 Å². The van der Waals surface area contributed by atoms with Crippen LogP contribution in [0.15, 0.2) is 65.1 Å². The largest absolute Gasteiger partial charge is 0.496 e. The van der Waals surface area contributed by atoms with Crippen LogP contribution in [0.1, 0.15) is 22.3 Å². The number of benzene rings is 3. The molecule has 0 radical (unpaired) electrons. The van der Waals surface area contributed by atoms with Gasteiger partial charge in [0.2, 0.25) is 0 Å². The third-order valence-electron chi connectivity index (χ3n) is 4.00. The zero-order valence-corrected chi connectivity index (χ0v) is 16.2. The maximum absolute atomic E-state index is 13.0. The highest BCUT2D eigenvalue weighted by molar-refractivity contribution is 9.10. The number of rotatable bonds is 5. The van der Waals surface area contributed by atoms with Crippen LogP contribution in [0.5, 0.6) is 5.75 Å². The Labute approximate surface area is 165 Å². The summed E-state index contributed by atoms with van der Waals surface area (Å²) in [6, 6.07) is 16.5. The SMILES string of the molecule is COc1cc(/C=C/c2ccc(F)cc2)c(Br)cc1/C=C/c1ccc(F)cc1. The van der Waals surface area contributed by atoms with E-state index in [4.69, 9.17) is 4.74 Å². The molecule has 0 atom stereocenters. The highest BCUT2D eigenvalue weighted by Gasteiger charge is 2.06. The fraction of sp³-hybridized carbons (Fsp3) is 0.0435. The number of halogens is 3. The summed E-state index contributed by atoms with van der Waals surface area (Å²) in [6.07, 6.45) is 7.67. The topological polar surface area (TPSA) is 9.23 Å². The van der Waals surface area contributed by atoms with Crippen molar-refractivity contribution >= 4 is 40.2 Å². The van der Waals surface area contributed by atoms with Gasteiger partial charge in [0.1, 0.15) is 17.4 Å². The quantitative estimate of drug-likeness (QED) is 0.396. The minimum Gasteiger partial charge on any atom is -0.496 e. The molecule has 0 fully saturated rings. The van der Waals surface area contributed by atoms with Gasteiger partial charge in [0, 0.05) is 10.0 Å². The fourth-order valence-electron chi connectivity index (χ4n) is 2.54. The molecule has 0 aliphatic carbocycles. The molecule has 4 heteroatoms. The number of methoxy groups -OCH3 is 1. The molecule has 0 aromatic heterocycles. The molecule has 0 amide bonds. The lowest BCUT2D eigenvalue weighted by Crippen LogP contribution is -1.89. The normalized spacial score (nSPS) is 11.4. The highest BCUT2D eigenvalue weighted by Crippen LogP contribution is 2.30. The van der Waals surface area contributed by atoms with Crippen LogP contribution in [-0.2, 0) is 0 Å². The van der Waals surface area contributed by atoms with Crippen molar-refractivity contribution in [2.45, 2.75) is 0 Å². The Morgan fingerprint density at radius 2 is 1.19 bits per heavy atom. The molecule has 0 saturated carbocycles. The first-order valence-corrected chi connectivity index (χ1v) is 9.09. The van der Waals surface area contributed by atoms with Crippen molar-refractivity contribution < 1.29 is 13.5 Å². The van der Waals surface area contributed by atoms with E-state index in [9.17, 15) is 8.78 Å². The van der Waals surface area contributed by atoms with Gasteiger partial charge < -0.3 is 4.74 Å². The maximum Gasteiger partial charge on any atom is 0.126 e. The molecule has 0 heterocycles. The van der Waals surface area contributed by atoms with Gasteiger partial charge in [-0.3, -0.25) is 0 Å². The van der Waals surface area contributed by atoms with Gasteiger partial charge in [0.15, 0.2) is 0 Å². The van der Waals surface area contributed by atoms with Gasteiger partial charge in [-0.25, -0.2) is 8.78 Å². The monoisotopic (exact) mass is 426 g/mol. The molecule has 0 unspecified atom stereocenters. The van der Waals surface area contributed by atoms with E-state index in [1.54, 1.807) is 31.4 Å². The lowest BCUT2D eigenvalue weighted by Gasteiger charge is -2.09. The van der Waals surface area contributed by atoms with Crippen LogP contribution in [0.4, 0.5) is 8.78 Å². The Morgan fingerprint density at radius 1 is 0.704 bits per heavy atom. The lowest BCUT2D eigenvalue weighted by molar-refractivity contribution is 0.413. The van der Waals surface area contributed by atoms with E-state index < -0.39 is 0 Å². The average Bonchev–Trinajstić information content (AvgIpc) is 2.68. The molecule has 136 valence electrons.